The molecule has 1 unspecified atom stereocenters. The number of benzene rings is 1. The van der Waals surface area contributed by atoms with E-state index in [1.54, 1.807) is 16.4 Å². The number of rotatable bonds is 7. The van der Waals surface area contributed by atoms with Crippen molar-refractivity contribution in [3.05, 3.63) is 30.3 Å². The zero-order valence-electron chi connectivity index (χ0n) is 16.2. The molecule has 158 valence electrons. The van der Waals surface area contributed by atoms with Crippen molar-refractivity contribution in [2.75, 3.05) is 37.6 Å². The van der Waals surface area contributed by atoms with Crippen molar-refractivity contribution < 1.29 is 17.9 Å². The molecule has 0 saturated carbocycles. The highest BCUT2D eigenvalue weighted by Gasteiger charge is 2.43. The van der Waals surface area contributed by atoms with Crippen molar-refractivity contribution in [3.8, 4) is 0 Å². The highest BCUT2D eigenvalue weighted by atomic mass is 35.5. The average Bonchev–Trinajstić information content (AvgIpc) is 2.95. The van der Waals surface area contributed by atoms with Gasteiger partial charge >= 0.3 is 16.2 Å². The summed E-state index contributed by atoms with van der Waals surface area (Å²) in [5.41, 5.74) is 0.650. The van der Waals surface area contributed by atoms with Gasteiger partial charge < -0.3 is 10.1 Å². The minimum absolute atomic E-state index is 0. The van der Waals surface area contributed by atoms with E-state index in [0.717, 1.165) is 32.4 Å². The van der Waals surface area contributed by atoms with E-state index in [0.29, 0.717) is 31.1 Å². The molecule has 2 saturated heterocycles. The second-order valence-electron chi connectivity index (χ2n) is 7.25. The van der Waals surface area contributed by atoms with E-state index in [1.807, 2.05) is 18.2 Å². The highest BCUT2D eigenvalue weighted by Crippen LogP contribution is 2.32. The Bertz CT molecular complexity index is 726. The normalized spacial score (nSPS) is 22.6. The number of carbonyl (C=O) groups is 1. The van der Waals surface area contributed by atoms with E-state index >= 15 is 0 Å². The number of nitrogens with zero attached hydrogens (tertiary/aromatic N) is 2. The van der Waals surface area contributed by atoms with Crippen molar-refractivity contribution in [3.63, 3.8) is 0 Å². The van der Waals surface area contributed by atoms with Gasteiger partial charge in [0.1, 0.15) is 0 Å². The van der Waals surface area contributed by atoms with Crippen LogP contribution in [0, 0.1) is 5.92 Å². The third kappa shape index (κ3) is 5.37. The molecule has 1 aromatic carbocycles. The lowest BCUT2D eigenvalue weighted by atomic mass is 9.95. The summed E-state index contributed by atoms with van der Waals surface area (Å²) in [4.78, 5) is 11.6. The maximum atomic E-state index is 13.2. The summed E-state index contributed by atoms with van der Waals surface area (Å²) in [6, 6.07) is 8.88. The summed E-state index contributed by atoms with van der Waals surface area (Å²) in [6.07, 6.45) is 3.74. The van der Waals surface area contributed by atoms with Crippen molar-refractivity contribution in [2.45, 2.75) is 38.1 Å². The van der Waals surface area contributed by atoms with Crippen LogP contribution in [0.15, 0.2) is 30.3 Å². The number of anilines is 1. The van der Waals surface area contributed by atoms with Crippen LogP contribution in [0.25, 0.3) is 0 Å². The number of para-hydroxylation sites is 1. The van der Waals surface area contributed by atoms with Gasteiger partial charge in [-0.05, 0) is 56.8 Å². The molecule has 0 radical (unpaired) electrons. The molecule has 2 heterocycles. The van der Waals surface area contributed by atoms with Crippen LogP contribution in [0.5, 0.6) is 0 Å². The first kappa shape index (κ1) is 22.9. The minimum atomic E-state index is -3.59. The number of piperidine rings is 1. The third-order valence-electron chi connectivity index (χ3n) is 5.49. The summed E-state index contributed by atoms with van der Waals surface area (Å²) < 4.78 is 34.2. The van der Waals surface area contributed by atoms with Crippen LogP contribution in [0.3, 0.4) is 0 Å². The monoisotopic (exact) mass is 431 g/mol. The molecular weight excluding hydrogens is 402 g/mol. The van der Waals surface area contributed by atoms with Gasteiger partial charge in [-0.1, -0.05) is 18.2 Å². The molecule has 1 aromatic rings. The first-order valence-corrected chi connectivity index (χ1v) is 11.0. The zero-order valence-corrected chi connectivity index (χ0v) is 17.9. The van der Waals surface area contributed by atoms with Crippen LogP contribution in [-0.2, 0) is 19.7 Å². The number of ether oxygens (including phenoxy) is 1. The topological polar surface area (TPSA) is 79.0 Å². The van der Waals surface area contributed by atoms with Crippen molar-refractivity contribution in [2.24, 2.45) is 5.92 Å². The maximum absolute atomic E-state index is 13.2. The molecule has 3 rings (SSSR count). The van der Waals surface area contributed by atoms with E-state index in [2.05, 4.69) is 5.32 Å². The Balaban J connectivity index is 0.00000280. The van der Waals surface area contributed by atoms with Crippen LogP contribution < -0.4 is 9.62 Å². The van der Waals surface area contributed by atoms with Gasteiger partial charge in [0.2, 0.25) is 0 Å². The van der Waals surface area contributed by atoms with Gasteiger partial charge in [0.15, 0.2) is 0 Å². The Kier molecular flexibility index (Phi) is 8.55. The Labute approximate surface area is 174 Å². The second-order valence-corrected chi connectivity index (χ2v) is 9.05. The quantitative estimate of drug-likeness (QED) is 0.669. The minimum Gasteiger partial charge on any atom is -0.469 e. The van der Waals surface area contributed by atoms with Crippen LogP contribution in [0.4, 0.5) is 5.69 Å². The van der Waals surface area contributed by atoms with E-state index in [1.165, 1.54) is 11.4 Å². The molecule has 0 spiro atoms. The van der Waals surface area contributed by atoms with Crippen molar-refractivity contribution >= 4 is 34.3 Å². The molecule has 2 aliphatic heterocycles. The summed E-state index contributed by atoms with van der Waals surface area (Å²) >= 11 is 0. The number of esters is 1. The fraction of sp³-hybridized carbons (Fsp3) is 0.632. The number of nitrogens with one attached hydrogen (secondary N) is 1. The predicted octanol–water partition coefficient (Wildman–Crippen LogP) is 2.19. The summed E-state index contributed by atoms with van der Waals surface area (Å²) in [6.45, 7) is 2.97. The highest BCUT2D eigenvalue weighted by molar-refractivity contribution is 7.90. The van der Waals surface area contributed by atoms with Gasteiger partial charge in [-0.25, -0.2) is 0 Å². The van der Waals surface area contributed by atoms with Gasteiger partial charge in [-0.15, -0.1) is 12.4 Å². The Morgan fingerprint density at radius 2 is 1.86 bits per heavy atom. The standard InChI is InChI=1S/C19H29N3O4S.ClH/c1-26-19(23)8-7-18-15-21(14-11-16-9-12-20-13-10-16)27(24,25)22(18)17-5-3-2-4-6-17;/h2-6,16,18,20H,7-15H2,1H3;1H. The third-order valence-corrected chi connectivity index (χ3v) is 7.48. The maximum Gasteiger partial charge on any atom is 0.305 e. The molecule has 7 nitrogen and oxygen atoms in total. The SMILES string of the molecule is COC(=O)CCC1CN(CCC2CCNCC2)S(=O)(=O)N1c1ccccc1.Cl. The first-order valence-electron chi connectivity index (χ1n) is 9.64. The number of hydrogen-bond acceptors (Lipinski definition) is 5. The Hall–Kier alpha value is -1.35. The molecule has 0 amide bonds. The molecule has 28 heavy (non-hydrogen) atoms. The Morgan fingerprint density at radius 1 is 1.18 bits per heavy atom. The van der Waals surface area contributed by atoms with Crippen molar-refractivity contribution in [1.82, 2.24) is 9.62 Å². The molecule has 1 N–H and O–H groups in total. The number of halogens is 1. The van der Waals surface area contributed by atoms with Crippen LogP contribution in [0.2, 0.25) is 0 Å². The van der Waals surface area contributed by atoms with E-state index < -0.39 is 10.2 Å². The van der Waals surface area contributed by atoms with E-state index in [4.69, 9.17) is 4.74 Å². The summed E-state index contributed by atoms with van der Waals surface area (Å²) in [5, 5.41) is 3.34. The number of methoxy groups -OCH3 is 1. The van der Waals surface area contributed by atoms with Crippen LogP contribution >= 0.6 is 12.4 Å². The van der Waals surface area contributed by atoms with Gasteiger partial charge in [0, 0.05) is 19.5 Å². The fourth-order valence-corrected chi connectivity index (χ4v) is 5.82. The largest absolute Gasteiger partial charge is 0.469 e. The first-order chi connectivity index (χ1) is 13.0. The van der Waals surface area contributed by atoms with Crippen LogP contribution in [-0.4, -0.2) is 58.0 Å². The zero-order chi connectivity index (χ0) is 19.3. The van der Waals surface area contributed by atoms with E-state index in [9.17, 15) is 13.2 Å². The lowest BCUT2D eigenvalue weighted by Gasteiger charge is -2.26. The number of hydrogen-bond donors (Lipinski definition) is 1. The lowest BCUT2D eigenvalue weighted by molar-refractivity contribution is -0.140. The van der Waals surface area contributed by atoms with Gasteiger partial charge in [0.05, 0.1) is 18.8 Å². The molecular formula is C19H30ClN3O4S. The number of carbonyl (C=O) groups excluding carboxylic acids is 1. The summed E-state index contributed by atoms with van der Waals surface area (Å²) in [7, 11) is -2.23. The molecule has 2 fully saturated rings. The second kappa shape index (κ2) is 10.4. The average molecular weight is 432 g/mol. The van der Waals surface area contributed by atoms with Gasteiger partial charge in [0.25, 0.3) is 0 Å². The molecule has 9 heteroatoms. The molecule has 2 aliphatic rings. The molecule has 0 aliphatic carbocycles. The fourth-order valence-electron chi connectivity index (χ4n) is 3.93. The lowest BCUT2D eigenvalue weighted by Crippen LogP contribution is -2.37. The van der Waals surface area contributed by atoms with Crippen LogP contribution in [0.1, 0.15) is 32.1 Å². The van der Waals surface area contributed by atoms with E-state index in [-0.39, 0.29) is 30.8 Å². The molecule has 1 atom stereocenters. The summed E-state index contributed by atoms with van der Waals surface area (Å²) in [5.74, 6) is 0.259. The Morgan fingerprint density at radius 3 is 2.50 bits per heavy atom. The van der Waals surface area contributed by atoms with Gasteiger partial charge in [-0.3, -0.25) is 9.10 Å². The smallest absolute Gasteiger partial charge is 0.305 e. The predicted molar refractivity (Wildman–Crippen MR) is 112 cm³/mol. The molecule has 0 bridgehead atoms. The van der Waals surface area contributed by atoms with Crippen molar-refractivity contribution in [1.29, 1.82) is 0 Å². The molecule has 0 aromatic heterocycles. The van der Waals surface area contributed by atoms with Gasteiger partial charge in [-0.2, -0.15) is 12.7 Å².